The molecule has 94 valence electrons. The van der Waals surface area contributed by atoms with Gasteiger partial charge in [0.15, 0.2) is 5.76 Å². The van der Waals surface area contributed by atoms with Gasteiger partial charge in [-0.3, -0.25) is 9.78 Å². The topological polar surface area (TPSA) is 59.4 Å². The Morgan fingerprint density at radius 1 is 1.37 bits per heavy atom. The third-order valence-electron chi connectivity index (χ3n) is 2.94. The molecule has 0 bridgehead atoms. The molecule has 0 radical (unpaired) electrons. The SMILES string of the molecule is Cc1cc(O)cc2c1C(=O)C(=Cc1cccnc1)O2. The first-order chi connectivity index (χ1) is 9.15. The molecule has 2 heterocycles. The number of phenolic OH excluding ortho intramolecular Hbond substituents is 1. The first-order valence-electron chi connectivity index (χ1n) is 5.83. The molecule has 0 saturated heterocycles. The molecule has 0 atom stereocenters. The summed E-state index contributed by atoms with van der Waals surface area (Å²) in [6.07, 6.45) is 4.96. The first-order valence-corrected chi connectivity index (χ1v) is 5.83. The Kier molecular flexibility index (Phi) is 2.56. The van der Waals surface area contributed by atoms with Crippen LogP contribution in [-0.2, 0) is 0 Å². The van der Waals surface area contributed by atoms with E-state index in [4.69, 9.17) is 4.74 Å². The zero-order chi connectivity index (χ0) is 13.4. The van der Waals surface area contributed by atoms with Crippen LogP contribution in [0, 0.1) is 6.92 Å². The van der Waals surface area contributed by atoms with E-state index in [0.29, 0.717) is 16.9 Å². The van der Waals surface area contributed by atoms with E-state index >= 15 is 0 Å². The number of rotatable bonds is 1. The van der Waals surface area contributed by atoms with Crippen molar-refractivity contribution in [2.75, 3.05) is 0 Å². The van der Waals surface area contributed by atoms with Gasteiger partial charge in [-0.05, 0) is 36.3 Å². The van der Waals surface area contributed by atoms with E-state index < -0.39 is 0 Å². The lowest BCUT2D eigenvalue weighted by molar-refractivity contribution is 0.101. The monoisotopic (exact) mass is 253 g/mol. The minimum Gasteiger partial charge on any atom is -0.508 e. The van der Waals surface area contributed by atoms with Crippen molar-refractivity contribution >= 4 is 11.9 Å². The largest absolute Gasteiger partial charge is 0.508 e. The molecule has 1 aromatic carbocycles. The highest BCUT2D eigenvalue weighted by atomic mass is 16.5. The second-order valence-electron chi connectivity index (χ2n) is 4.36. The summed E-state index contributed by atoms with van der Waals surface area (Å²) in [7, 11) is 0. The second kappa shape index (κ2) is 4.24. The fraction of sp³-hybridized carbons (Fsp3) is 0.0667. The third-order valence-corrected chi connectivity index (χ3v) is 2.94. The quantitative estimate of drug-likeness (QED) is 0.794. The summed E-state index contributed by atoms with van der Waals surface area (Å²) in [5, 5.41) is 9.52. The van der Waals surface area contributed by atoms with Crippen molar-refractivity contribution in [3.63, 3.8) is 0 Å². The van der Waals surface area contributed by atoms with Crippen molar-refractivity contribution in [1.82, 2.24) is 4.98 Å². The molecule has 0 unspecified atom stereocenters. The van der Waals surface area contributed by atoms with Crippen LogP contribution in [0.4, 0.5) is 0 Å². The van der Waals surface area contributed by atoms with Crippen molar-refractivity contribution in [2.45, 2.75) is 6.92 Å². The van der Waals surface area contributed by atoms with Gasteiger partial charge in [-0.1, -0.05) is 6.07 Å². The van der Waals surface area contributed by atoms with Crippen LogP contribution in [0.1, 0.15) is 21.5 Å². The van der Waals surface area contributed by atoms with Gasteiger partial charge >= 0.3 is 0 Å². The maximum atomic E-state index is 12.2. The number of ether oxygens (including phenoxy) is 1. The number of carbonyl (C=O) groups is 1. The molecule has 1 aliphatic heterocycles. The zero-order valence-electron chi connectivity index (χ0n) is 10.3. The Hall–Kier alpha value is -2.62. The van der Waals surface area contributed by atoms with E-state index in [1.54, 1.807) is 37.5 Å². The molecule has 0 aliphatic carbocycles. The van der Waals surface area contributed by atoms with Gasteiger partial charge in [-0.2, -0.15) is 0 Å². The Bertz CT molecular complexity index is 690. The van der Waals surface area contributed by atoms with E-state index in [0.717, 1.165) is 5.56 Å². The molecule has 1 aliphatic rings. The molecule has 0 saturated carbocycles. The van der Waals surface area contributed by atoms with Gasteiger partial charge in [0.05, 0.1) is 5.56 Å². The molecule has 0 fully saturated rings. The van der Waals surface area contributed by atoms with Crippen LogP contribution in [-0.4, -0.2) is 15.9 Å². The van der Waals surface area contributed by atoms with E-state index in [2.05, 4.69) is 4.98 Å². The molecule has 4 heteroatoms. The number of fused-ring (bicyclic) bond motifs is 1. The Morgan fingerprint density at radius 3 is 2.95 bits per heavy atom. The summed E-state index contributed by atoms with van der Waals surface area (Å²) >= 11 is 0. The van der Waals surface area contributed by atoms with Crippen molar-refractivity contribution in [1.29, 1.82) is 0 Å². The average molecular weight is 253 g/mol. The Balaban J connectivity index is 2.05. The van der Waals surface area contributed by atoms with Gasteiger partial charge < -0.3 is 9.84 Å². The predicted molar refractivity (Wildman–Crippen MR) is 70.0 cm³/mol. The van der Waals surface area contributed by atoms with Crippen LogP contribution in [0.15, 0.2) is 42.4 Å². The number of benzene rings is 1. The number of phenols is 1. The number of hydrogen-bond donors (Lipinski definition) is 1. The van der Waals surface area contributed by atoms with Crippen molar-refractivity contribution in [3.05, 3.63) is 59.1 Å². The normalized spacial score (nSPS) is 15.4. The van der Waals surface area contributed by atoms with Gasteiger partial charge in [-0.25, -0.2) is 0 Å². The van der Waals surface area contributed by atoms with E-state index in [1.807, 2.05) is 6.07 Å². The van der Waals surface area contributed by atoms with E-state index in [9.17, 15) is 9.90 Å². The van der Waals surface area contributed by atoms with E-state index in [1.165, 1.54) is 6.07 Å². The first kappa shape index (κ1) is 11.5. The summed E-state index contributed by atoms with van der Waals surface area (Å²) in [4.78, 5) is 16.2. The van der Waals surface area contributed by atoms with Crippen molar-refractivity contribution in [2.24, 2.45) is 0 Å². The van der Waals surface area contributed by atoms with Crippen molar-refractivity contribution in [3.8, 4) is 11.5 Å². The molecule has 1 aromatic heterocycles. The van der Waals surface area contributed by atoms with Crippen LogP contribution in [0.5, 0.6) is 11.5 Å². The van der Waals surface area contributed by atoms with Crippen LogP contribution in [0.25, 0.3) is 6.08 Å². The number of aromatic nitrogens is 1. The van der Waals surface area contributed by atoms with Crippen molar-refractivity contribution < 1.29 is 14.6 Å². The average Bonchev–Trinajstić information content (AvgIpc) is 2.67. The van der Waals surface area contributed by atoms with Gasteiger partial charge in [0.2, 0.25) is 5.78 Å². The summed E-state index contributed by atoms with van der Waals surface area (Å²) in [6, 6.07) is 6.62. The molecule has 4 nitrogen and oxygen atoms in total. The fourth-order valence-corrected chi connectivity index (χ4v) is 2.10. The van der Waals surface area contributed by atoms with Gasteiger partial charge in [0.1, 0.15) is 11.5 Å². The molecular weight excluding hydrogens is 242 g/mol. The van der Waals surface area contributed by atoms with Crippen LogP contribution in [0.2, 0.25) is 0 Å². The Morgan fingerprint density at radius 2 is 2.21 bits per heavy atom. The lowest BCUT2D eigenvalue weighted by Crippen LogP contribution is -1.99. The third kappa shape index (κ3) is 1.97. The molecule has 3 rings (SSSR count). The summed E-state index contributed by atoms with van der Waals surface area (Å²) in [5.74, 6) is 0.567. The highest BCUT2D eigenvalue weighted by molar-refractivity contribution is 6.15. The number of Topliss-reactive ketones (excluding diaryl/α,β-unsaturated/α-hetero) is 1. The van der Waals surface area contributed by atoms with Gasteiger partial charge in [0, 0.05) is 18.5 Å². The second-order valence-corrected chi connectivity index (χ2v) is 4.36. The molecule has 0 spiro atoms. The minimum atomic E-state index is -0.170. The minimum absolute atomic E-state index is 0.0895. The number of nitrogens with zero attached hydrogens (tertiary/aromatic N) is 1. The molecule has 2 aromatic rings. The maximum absolute atomic E-state index is 12.2. The number of ketones is 1. The highest BCUT2D eigenvalue weighted by Gasteiger charge is 2.29. The standard InChI is InChI=1S/C15H11NO3/c1-9-5-11(17)7-12-14(9)15(18)13(19-12)6-10-3-2-4-16-8-10/h2-8,17H,1H3. The summed E-state index contributed by atoms with van der Waals surface area (Å²) < 4.78 is 5.51. The number of carbonyl (C=O) groups excluding carboxylic acids is 1. The lowest BCUT2D eigenvalue weighted by Gasteiger charge is -2.00. The zero-order valence-corrected chi connectivity index (χ0v) is 10.3. The molecule has 19 heavy (non-hydrogen) atoms. The number of aryl methyl sites for hydroxylation is 1. The lowest BCUT2D eigenvalue weighted by atomic mass is 10.0. The Labute approximate surface area is 110 Å². The predicted octanol–water partition coefficient (Wildman–Crippen LogP) is 2.71. The summed E-state index contributed by atoms with van der Waals surface area (Å²) in [6.45, 7) is 1.77. The van der Waals surface area contributed by atoms with Gasteiger partial charge in [0.25, 0.3) is 0 Å². The van der Waals surface area contributed by atoms with Crippen LogP contribution in [0.3, 0.4) is 0 Å². The van der Waals surface area contributed by atoms with E-state index in [-0.39, 0.29) is 17.3 Å². The smallest absolute Gasteiger partial charge is 0.232 e. The van der Waals surface area contributed by atoms with Crippen LogP contribution < -0.4 is 4.74 Å². The highest BCUT2D eigenvalue weighted by Crippen LogP contribution is 2.36. The number of aromatic hydroxyl groups is 1. The maximum Gasteiger partial charge on any atom is 0.232 e. The summed E-state index contributed by atoms with van der Waals surface area (Å²) in [5.41, 5.74) is 2.00. The fourth-order valence-electron chi connectivity index (χ4n) is 2.10. The molecule has 0 amide bonds. The molecule has 1 N–H and O–H groups in total. The number of allylic oxidation sites excluding steroid dienone is 1. The van der Waals surface area contributed by atoms with Crippen LogP contribution >= 0.6 is 0 Å². The number of pyridine rings is 1. The van der Waals surface area contributed by atoms with Gasteiger partial charge in [-0.15, -0.1) is 0 Å². The number of hydrogen-bond acceptors (Lipinski definition) is 4. The molecular formula is C15H11NO3.